The number of halogens is 1. The lowest BCUT2D eigenvalue weighted by Crippen LogP contribution is -2.17. The fourth-order valence-electron chi connectivity index (χ4n) is 2.00. The van der Waals surface area contributed by atoms with Crippen molar-refractivity contribution in [3.05, 3.63) is 27.7 Å². The molecule has 3 heteroatoms. The number of hydrogen-bond donors (Lipinski definition) is 1. The van der Waals surface area contributed by atoms with Gasteiger partial charge in [0, 0.05) is 10.5 Å². The summed E-state index contributed by atoms with van der Waals surface area (Å²) in [6.45, 7) is 0. The van der Waals surface area contributed by atoms with Crippen LogP contribution in [-0.4, -0.2) is 7.11 Å². The van der Waals surface area contributed by atoms with Crippen molar-refractivity contribution < 1.29 is 4.74 Å². The van der Waals surface area contributed by atoms with E-state index in [1.165, 1.54) is 17.5 Å². The smallest absolute Gasteiger partial charge is 0.120 e. The molecular formula is C11H14BrNO. The van der Waals surface area contributed by atoms with E-state index in [4.69, 9.17) is 10.5 Å². The van der Waals surface area contributed by atoms with Gasteiger partial charge in [-0.15, -0.1) is 0 Å². The van der Waals surface area contributed by atoms with Crippen molar-refractivity contribution in [2.75, 3.05) is 7.11 Å². The van der Waals surface area contributed by atoms with Gasteiger partial charge in [-0.25, -0.2) is 0 Å². The van der Waals surface area contributed by atoms with Gasteiger partial charge in [0.25, 0.3) is 0 Å². The zero-order chi connectivity index (χ0) is 10.1. The van der Waals surface area contributed by atoms with Gasteiger partial charge in [-0.1, -0.05) is 15.9 Å². The molecular weight excluding hydrogens is 242 g/mol. The number of fused-ring (bicyclic) bond motifs is 1. The molecule has 0 aromatic heterocycles. The lowest BCUT2D eigenvalue weighted by molar-refractivity contribution is 0.412. The number of nitrogens with two attached hydrogens (primary N) is 1. The Labute approximate surface area is 92.6 Å². The van der Waals surface area contributed by atoms with Gasteiger partial charge < -0.3 is 10.5 Å². The molecule has 0 radical (unpaired) electrons. The zero-order valence-corrected chi connectivity index (χ0v) is 9.80. The summed E-state index contributed by atoms with van der Waals surface area (Å²) in [5.74, 6) is 0.882. The fourth-order valence-corrected chi connectivity index (χ4v) is 2.65. The Bertz CT molecular complexity index is 351. The summed E-state index contributed by atoms with van der Waals surface area (Å²) in [6.07, 6.45) is 3.37. The number of ether oxygens (including phenoxy) is 1. The van der Waals surface area contributed by atoms with Crippen molar-refractivity contribution in [3.63, 3.8) is 0 Å². The first-order chi connectivity index (χ1) is 6.72. The topological polar surface area (TPSA) is 35.2 Å². The molecule has 1 atom stereocenters. The van der Waals surface area contributed by atoms with Crippen LogP contribution in [0.4, 0.5) is 0 Å². The largest absolute Gasteiger partial charge is 0.497 e. The summed E-state index contributed by atoms with van der Waals surface area (Å²) in [5, 5.41) is 0. The molecule has 0 spiro atoms. The Kier molecular flexibility index (Phi) is 2.79. The van der Waals surface area contributed by atoms with E-state index in [1.54, 1.807) is 7.11 Å². The van der Waals surface area contributed by atoms with Gasteiger partial charge in [0.1, 0.15) is 5.75 Å². The van der Waals surface area contributed by atoms with Crippen LogP contribution in [0.3, 0.4) is 0 Å². The van der Waals surface area contributed by atoms with Crippen molar-refractivity contribution in [3.8, 4) is 5.75 Å². The summed E-state index contributed by atoms with van der Waals surface area (Å²) in [7, 11) is 1.68. The zero-order valence-electron chi connectivity index (χ0n) is 8.22. The minimum atomic E-state index is 0.171. The number of rotatable bonds is 1. The van der Waals surface area contributed by atoms with Crippen LogP contribution in [0.1, 0.15) is 30.0 Å². The molecule has 2 rings (SSSR count). The summed E-state index contributed by atoms with van der Waals surface area (Å²) in [4.78, 5) is 0. The van der Waals surface area contributed by atoms with E-state index in [0.29, 0.717) is 0 Å². The lowest BCUT2D eigenvalue weighted by atomic mass is 9.88. The molecule has 1 aromatic carbocycles. The Morgan fingerprint density at radius 2 is 2.29 bits per heavy atom. The molecule has 2 N–H and O–H groups in total. The predicted octanol–water partition coefficient (Wildman–Crippen LogP) is 2.79. The second kappa shape index (κ2) is 3.91. The molecule has 1 aliphatic rings. The van der Waals surface area contributed by atoms with Crippen LogP contribution in [0.15, 0.2) is 16.6 Å². The third-order valence-electron chi connectivity index (χ3n) is 2.78. The van der Waals surface area contributed by atoms with E-state index in [9.17, 15) is 0 Å². The summed E-state index contributed by atoms with van der Waals surface area (Å²) in [6, 6.07) is 4.24. The van der Waals surface area contributed by atoms with Crippen LogP contribution in [0, 0.1) is 0 Å². The minimum Gasteiger partial charge on any atom is -0.497 e. The average Bonchev–Trinajstić information content (AvgIpc) is 2.19. The maximum atomic E-state index is 6.06. The number of hydrogen-bond acceptors (Lipinski definition) is 2. The highest BCUT2D eigenvalue weighted by molar-refractivity contribution is 9.10. The SMILES string of the molecule is COc1cc(Br)c2c(c1)[C@H](N)CCC2. The minimum absolute atomic E-state index is 0.171. The van der Waals surface area contributed by atoms with E-state index in [1.807, 2.05) is 6.07 Å². The fraction of sp³-hybridized carbons (Fsp3) is 0.455. The van der Waals surface area contributed by atoms with Crippen LogP contribution < -0.4 is 10.5 Å². The van der Waals surface area contributed by atoms with Crippen molar-refractivity contribution in [2.24, 2.45) is 5.73 Å². The molecule has 1 aliphatic carbocycles. The average molecular weight is 256 g/mol. The molecule has 0 heterocycles. The van der Waals surface area contributed by atoms with Crippen LogP contribution in [0.2, 0.25) is 0 Å². The Morgan fingerprint density at radius 1 is 1.50 bits per heavy atom. The molecule has 0 bridgehead atoms. The highest BCUT2D eigenvalue weighted by Crippen LogP contribution is 2.36. The van der Waals surface area contributed by atoms with Crippen molar-refractivity contribution in [1.82, 2.24) is 0 Å². The maximum absolute atomic E-state index is 6.06. The van der Waals surface area contributed by atoms with Gasteiger partial charge in [-0.05, 0) is 42.5 Å². The van der Waals surface area contributed by atoms with E-state index in [2.05, 4.69) is 22.0 Å². The first-order valence-corrected chi connectivity index (χ1v) is 5.63. The van der Waals surface area contributed by atoms with Crippen molar-refractivity contribution >= 4 is 15.9 Å². The molecule has 1 aromatic rings. The maximum Gasteiger partial charge on any atom is 0.120 e. The molecule has 0 aliphatic heterocycles. The molecule has 0 amide bonds. The predicted molar refractivity (Wildman–Crippen MR) is 60.6 cm³/mol. The van der Waals surface area contributed by atoms with E-state index in [-0.39, 0.29) is 6.04 Å². The lowest BCUT2D eigenvalue weighted by Gasteiger charge is -2.23. The number of methoxy groups -OCH3 is 1. The Balaban J connectivity index is 2.51. The third kappa shape index (κ3) is 1.66. The molecule has 2 nitrogen and oxygen atoms in total. The van der Waals surface area contributed by atoms with Gasteiger partial charge in [0.05, 0.1) is 7.11 Å². The Hall–Kier alpha value is -0.540. The standard InChI is InChI=1S/C11H14BrNO/c1-14-7-5-9-8(10(12)6-7)3-2-4-11(9)13/h5-6,11H,2-4,13H2,1H3/t11-/m1/s1. The molecule has 0 saturated carbocycles. The van der Waals surface area contributed by atoms with Crippen molar-refractivity contribution in [1.29, 1.82) is 0 Å². The molecule has 0 fully saturated rings. The number of benzene rings is 1. The first-order valence-electron chi connectivity index (χ1n) is 4.84. The van der Waals surface area contributed by atoms with E-state index < -0.39 is 0 Å². The van der Waals surface area contributed by atoms with E-state index in [0.717, 1.165) is 23.1 Å². The molecule has 0 saturated heterocycles. The first kappa shape index (κ1) is 9.99. The van der Waals surface area contributed by atoms with Crippen LogP contribution >= 0.6 is 15.9 Å². The third-order valence-corrected chi connectivity index (χ3v) is 3.49. The van der Waals surface area contributed by atoms with Crippen molar-refractivity contribution in [2.45, 2.75) is 25.3 Å². The second-order valence-electron chi connectivity index (χ2n) is 3.68. The molecule has 76 valence electrons. The summed E-state index contributed by atoms with van der Waals surface area (Å²) >= 11 is 3.57. The van der Waals surface area contributed by atoms with Gasteiger partial charge >= 0.3 is 0 Å². The monoisotopic (exact) mass is 255 g/mol. The second-order valence-corrected chi connectivity index (χ2v) is 4.53. The normalized spacial score (nSPS) is 20.4. The Morgan fingerprint density at radius 3 is 3.00 bits per heavy atom. The highest BCUT2D eigenvalue weighted by Gasteiger charge is 2.19. The van der Waals surface area contributed by atoms with Crippen LogP contribution in [0.25, 0.3) is 0 Å². The quantitative estimate of drug-likeness (QED) is 0.838. The summed E-state index contributed by atoms with van der Waals surface area (Å²) < 4.78 is 6.35. The van der Waals surface area contributed by atoms with Crippen LogP contribution in [0.5, 0.6) is 5.75 Å². The van der Waals surface area contributed by atoms with Gasteiger partial charge in [0.2, 0.25) is 0 Å². The summed E-state index contributed by atoms with van der Waals surface area (Å²) in [5.41, 5.74) is 8.65. The highest BCUT2D eigenvalue weighted by atomic mass is 79.9. The van der Waals surface area contributed by atoms with Gasteiger partial charge in [0.15, 0.2) is 0 Å². The van der Waals surface area contributed by atoms with Gasteiger partial charge in [-0.3, -0.25) is 0 Å². The van der Waals surface area contributed by atoms with Gasteiger partial charge in [-0.2, -0.15) is 0 Å². The van der Waals surface area contributed by atoms with Crippen LogP contribution in [-0.2, 0) is 6.42 Å². The van der Waals surface area contributed by atoms with E-state index >= 15 is 0 Å². The molecule has 0 unspecified atom stereocenters. The molecule has 14 heavy (non-hydrogen) atoms.